The molecule has 1 saturated heterocycles. The molecular weight excluding hydrogens is 433 g/mol. The molecule has 0 aliphatic carbocycles. The van der Waals surface area contributed by atoms with Gasteiger partial charge < -0.3 is 15.4 Å². The van der Waals surface area contributed by atoms with Gasteiger partial charge in [-0.2, -0.15) is 0 Å². The van der Waals surface area contributed by atoms with Crippen LogP contribution < -0.4 is 10.6 Å². The van der Waals surface area contributed by atoms with Crippen LogP contribution in [-0.2, 0) is 22.5 Å². The number of carbonyl (C=O) groups is 2. The van der Waals surface area contributed by atoms with E-state index in [4.69, 9.17) is 4.74 Å². The van der Waals surface area contributed by atoms with Crippen LogP contribution in [0.4, 0.5) is 9.18 Å². The molecule has 1 heterocycles. The van der Waals surface area contributed by atoms with E-state index in [9.17, 15) is 14.0 Å². The smallest absolute Gasteiger partial charge is 0.407 e. The number of benzene rings is 2. The van der Waals surface area contributed by atoms with Crippen molar-refractivity contribution in [3.63, 3.8) is 0 Å². The summed E-state index contributed by atoms with van der Waals surface area (Å²) in [4.78, 5) is 27.4. The largest absolute Gasteiger partial charge is 0.444 e. The van der Waals surface area contributed by atoms with Crippen molar-refractivity contribution < 1.29 is 18.7 Å². The first-order valence-corrected chi connectivity index (χ1v) is 12.0. The Morgan fingerprint density at radius 1 is 1.12 bits per heavy atom. The maximum absolute atomic E-state index is 14.3. The van der Waals surface area contributed by atoms with Crippen LogP contribution in [0.15, 0.2) is 54.6 Å². The normalized spacial score (nSPS) is 17.2. The van der Waals surface area contributed by atoms with Gasteiger partial charge in [-0.05, 0) is 70.2 Å². The molecule has 2 aromatic carbocycles. The summed E-state index contributed by atoms with van der Waals surface area (Å²) in [7, 11) is 0. The van der Waals surface area contributed by atoms with E-state index in [0.717, 1.165) is 24.9 Å². The highest BCUT2D eigenvalue weighted by molar-refractivity contribution is 5.82. The lowest BCUT2D eigenvalue weighted by Gasteiger charge is -2.28. The lowest BCUT2D eigenvalue weighted by Crippen LogP contribution is -2.46. The van der Waals surface area contributed by atoms with E-state index in [1.54, 1.807) is 39.0 Å². The molecule has 6 nitrogen and oxygen atoms in total. The molecule has 1 aliphatic heterocycles. The second-order valence-corrected chi connectivity index (χ2v) is 9.82. The van der Waals surface area contributed by atoms with Gasteiger partial charge in [-0.1, -0.05) is 48.5 Å². The van der Waals surface area contributed by atoms with Crippen LogP contribution in [0.1, 0.15) is 51.2 Å². The lowest BCUT2D eigenvalue weighted by atomic mass is 10.0. The number of nitrogens with zero attached hydrogens (tertiary/aromatic N) is 1. The molecule has 0 aromatic heterocycles. The third kappa shape index (κ3) is 8.13. The van der Waals surface area contributed by atoms with Gasteiger partial charge in [0.2, 0.25) is 5.91 Å². The molecule has 0 bridgehead atoms. The summed E-state index contributed by atoms with van der Waals surface area (Å²) in [5.74, 6) is -0.273. The molecule has 0 saturated carbocycles. The molecule has 2 amide bonds. The summed E-state index contributed by atoms with van der Waals surface area (Å²) in [6, 6.07) is 15.9. The second kappa shape index (κ2) is 12.0. The van der Waals surface area contributed by atoms with Crippen molar-refractivity contribution >= 4 is 12.0 Å². The van der Waals surface area contributed by atoms with E-state index >= 15 is 0 Å². The van der Waals surface area contributed by atoms with Gasteiger partial charge in [-0.25, -0.2) is 9.18 Å². The van der Waals surface area contributed by atoms with Gasteiger partial charge in [0.15, 0.2) is 0 Å². The molecule has 7 heteroatoms. The lowest BCUT2D eigenvalue weighted by molar-refractivity contribution is -0.125. The van der Waals surface area contributed by atoms with Crippen LogP contribution in [-0.4, -0.2) is 47.7 Å². The Balaban J connectivity index is 1.60. The molecule has 184 valence electrons. The molecule has 0 unspecified atom stereocenters. The minimum Gasteiger partial charge on any atom is -0.444 e. The van der Waals surface area contributed by atoms with E-state index in [1.165, 1.54) is 6.07 Å². The number of rotatable bonds is 9. The Hall–Kier alpha value is -2.93. The number of alkyl carbamates (subject to hydrolysis) is 1. The van der Waals surface area contributed by atoms with Gasteiger partial charge >= 0.3 is 6.09 Å². The molecule has 1 aliphatic rings. The van der Waals surface area contributed by atoms with E-state index < -0.39 is 11.7 Å². The molecule has 34 heavy (non-hydrogen) atoms. The van der Waals surface area contributed by atoms with E-state index in [2.05, 4.69) is 15.5 Å². The second-order valence-electron chi connectivity index (χ2n) is 9.82. The highest BCUT2D eigenvalue weighted by Gasteiger charge is 2.31. The van der Waals surface area contributed by atoms with E-state index in [0.29, 0.717) is 31.5 Å². The summed E-state index contributed by atoms with van der Waals surface area (Å²) in [5, 5.41) is 5.95. The minimum atomic E-state index is -0.622. The van der Waals surface area contributed by atoms with E-state index in [1.807, 2.05) is 30.3 Å². The van der Waals surface area contributed by atoms with Crippen LogP contribution >= 0.6 is 0 Å². The highest BCUT2D eigenvalue weighted by atomic mass is 19.1. The average molecular weight is 470 g/mol. The fraction of sp³-hybridized carbons (Fsp3) is 0.481. The molecule has 0 radical (unpaired) electrons. The number of amides is 2. The number of halogens is 1. The van der Waals surface area contributed by atoms with Crippen LogP contribution in [0, 0.1) is 5.82 Å². The van der Waals surface area contributed by atoms with Gasteiger partial charge in [0.1, 0.15) is 11.4 Å². The SMILES string of the molecule is CC(C)(C)OC(=O)N[C@@H](CCN1CCC[C@H]1C(=O)NCc1ccccc1)Cc1ccccc1F. The molecule has 0 spiro atoms. The summed E-state index contributed by atoms with van der Waals surface area (Å²) < 4.78 is 19.7. The fourth-order valence-corrected chi connectivity index (χ4v) is 4.24. The Labute approximate surface area is 201 Å². The van der Waals surface area contributed by atoms with Crippen molar-refractivity contribution in [2.75, 3.05) is 13.1 Å². The van der Waals surface area contributed by atoms with Crippen molar-refractivity contribution in [2.24, 2.45) is 0 Å². The molecule has 2 aromatic rings. The average Bonchev–Trinajstić information content (AvgIpc) is 3.25. The first-order chi connectivity index (χ1) is 16.2. The Bertz CT molecular complexity index is 946. The number of likely N-dealkylation sites (tertiary alicyclic amines) is 1. The number of ether oxygens (including phenoxy) is 1. The van der Waals surface area contributed by atoms with Crippen molar-refractivity contribution in [3.8, 4) is 0 Å². The molecule has 2 N–H and O–H groups in total. The number of nitrogens with one attached hydrogen (secondary N) is 2. The maximum Gasteiger partial charge on any atom is 0.407 e. The van der Waals surface area contributed by atoms with Gasteiger partial charge in [0.25, 0.3) is 0 Å². The van der Waals surface area contributed by atoms with Crippen LogP contribution in [0.5, 0.6) is 0 Å². The predicted molar refractivity (Wildman–Crippen MR) is 131 cm³/mol. The summed E-state index contributed by atoms with van der Waals surface area (Å²) in [6.07, 6.45) is 2.16. The van der Waals surface area contributed by atoms with Gasteiger partial charge in [0, 0.05) is 19.1 Å². The third-order valence-electron chi connectivity index (χ3n) is 5.89. The summed E-state index contributed by atoms with van der Waals surface area (Å²) >= 11 is 0. The van der Waals surface area contributed by atoms with Gasteiger partial charge in [-0.3, -0.25) is 9.69 Å². The maximum atomic E-state index is 14.3. The Kier molecular flexibility index (Phi) is 9.05. The van der Waals surface area contributed by atoms with Crippen LogP contribution in [0.2, 0.25) is 0 Å². The minimum absolute atomic E-state index is 0.0205. The Morgan fingerprint density at radius 3 is 2.53 bits per heavy atom. The van der Waals surface area contributed by atoms with Crippen LogP contribution in [0.3, 0.4) is 0 Å². The monoisotopic (exact) mass is 469 g/mol. The van der Waals surface area contributed by atoms with Crippen molar-refractivity contribution in [3.05, 3.63) is 71.5 Å². The van der Waals surface area contributed by atoms with E-state index in [-0.39, 0.29) is 23.8 Å². The van der Waals surface area contributed by atoms with Gasteiger partial charge in [0.05, 0.1) is 6.04 Å². The fourth-order valence-electron chi connectivity index (χ4n) is 4.24. The Morgan fingerprint density at radius 2 is 1.82 bits per heavy atom. The summed E-state index contributed by atoms with van der Waals surface area (Å²) in [5.41, 5.74) is 0.984. The van der Waals surface area contributed by atoms with Crippen molar-refractivity contribution in [2.45, 2.75) is 70.7 Å². The molecule has 2 atom stereocenters. The zero-order valence-corrected chi connectivity index (χ0v) is 20.4. The van der Waals surface area contributed by atoms with Crippen molar-refractivity contribution in [1.29, 1.82) is 0 Å². The molecular formula is C27H36FN3O3. The molecule has 1 fully saturated rings. The topological polar surface area (TPSA) is 70.7 Å². The number of hydrogen-bond donors (Lipinski definition) is 2. The summed E-state index contributed by atoms with van der Waals surface area (Å²) in [6.45, 7) is 7.37. The quantitative estimate of drug-likeness (QED) is 0.570. The number of hydrogen-bond acceptors (Lipinski definition) is 4. The zero-order valence-electron chi connectivity index (χ0n) is 20.4. The first-order valence-electron chi connectivity index (χ1n) is 12.0. The van der Waals surface area contributed by atoms with Gasteiger partial charge in [-0.15, -0.1) is 0 Å². The first kappa shape index (κ1) is 25.7. The third-order valence-corrected chi connectivity index (χ3v) is 5.89. The highest BCUT2D eigenvalue weighted by Crippen LogP contribution is 2.20. The van der Waals surface area contributed by atoms with Crippen molar-refractivity contribution in [1.82, 2.24) is 15.5 Å². The number of carbonyl (C=O) groups excluding carboxylic acids is 2. The molecule has 3 rings (SSSR count). The standard InChI is InChI=1S/C27H36FN3O3/c1-27(2,3)34-26(33)30-22(18-21-12-7-8-13-23(21)28)15-17-31-16-9-14-24(31)25(32)29-19-20-10-5-4-6-11-20/h4-8,10-13,22,24H,9,14-19H2,1-3H3,(H,29,32)(H,30,33)/t22-,24-/m0/s1. The van der Waals surface area contributed by atoms with Crippen LogP contribution in [0.25, 0.3) is 0 Å². The predicted octanol–water partition coefficient (Wildman–Crippen LogP) is 4.43. The zero-order chi connectivity index (χ0) is 24.6.